The van der Waals surface area contributed by atoms with E-state index in [1.54, 1.807) is 6.20 Å². The minimum Gasteiger partial charge on any atom is -0.480 e. The van der Waals surface area contributed by atoms with Crippen LogP contribution in [0.4, 0.5) is 5.69 Å². The van der Waals surface area contributed by atoms with Crippen molar-refractivity contribution in [3.8, 4) is 5.75 Å². The number of ether oxygens (including phenoxy) is 1. The topological polar surface area (TPSA) is 59.4 Å². The van der Waals surface area contributed by atoms with Gasteiger partial charge in [0, 0.05) is 19.2 Å². The molecule has 1 N–H and O–H groups in total. The molecule has 1 atom stereocenters. The fourth-order valence-corrected chi connectivity index (χ4v) is 2.89. The highest BCUT2D eigenvalue weighted by Crippen LogP contribution is 2.28. The van der Waals surface area contributed by atoms with E-state index >= 15 is 0 Å². The summed E-state index contributed by atoms with van der Waals surface area (Å²) in [4.78, 5) is 14.7. The van der Waals surface area contributed by atoms with Crippen LogP contribution in [0.25, 0.3) is 0 Å². The summed E-state index contributed by atoms with van der Waals surface area (Å²) in [5.41, 5.74) is 1.78. The fraction of sp³-hybridized carbons (Fsp3) is 0.444. The smallest absolute Gasteiger partial charge is 0.265 e. The van der Waals surface area contributed by atoms with E-state index in [-0.39, 0.29) is 5.91 Å². The number of aromatic nitrogens is 2. The second-order valence-electron chi connectivity index (χ2n) is 5.93. The summed E-state index contributed by atoms with van der Waals surface area (Å²) in [6, 6.07) is 7.77. The van der Waals surface area contributed by atoms with Crippen molar-refractivity contribution in [3.63, 3.8) is 0 Å². The molecule has 2 heterocycles. The molecule has 0 fully saturated rings. The fourth-order valence-electron chi connectivity index (χ4n) is 2.89. The van der Waals surface area contributed by atoms with E-state index in [2.05, 4.69) is 29.2 Å². The molecule has 1 aliphatic heterocycles. The second-order valence-corrected chi connectivity index (χ2v) is 5.93. The van der Waals surface area contributed by atoms with E-state index in [1.165, 1.54) is 0 Å². The van der Waals surface area contributed by atoms with Gasteiger partial charge in [-0.3, -0.25) is 9.48 Å². The Morgan fingerprint density at radius 1 is 1.38 bits per heavy atom. The molecule has 0 aliphatic carbocycles. The zero-order chi connectivity index (χ0) is 16.9. The lowest BCUT2D eigenvalue weighted by Crippen LogP contribution is -2.31. The molecule has 1 aliphatic rings. The third-order valence-electron chi connectivity index (χ3n) is 4.38. The third-order valence-corrected chi connectivity index (χ3v) is 4.38. The van der Waals surface area contributed by atoms with Crippen molar-refractivity contribution in [2.24, 2.45) is 0 Å². The highest BCUT2D eigenvalue weighted by molar-refractivity contribution is 5.94. The van der Waals surface area contributed by atoms with Crippen molar-refractivity contribution in [2.75, 3.05) is 25.0 Å². The summed E-state index contributed by atoms with van der Waals surface area (Å²) in [7, 11) is 0. The van der Waals surface area contributed by atoms with E-state index in [1.807, 2.05) is 35.1 Å². The van der Waals surface area contributed by atoms with Crippen LogP contribution in [0, 0.1) is 0 Å². The van der Waals surface area contributed by atoms with Gasteiger partial charge in [-0.1, -0.05) is 32.0 Å². The summed E-state index contributed by atoms with van der Waals surface area (Å²) in [5, 5.41) is 7.20. The predicted octanol–water partition coefficient (Wildman–Crippen LogP) is 2.17. The van der Waals surface area contributed by atoms with Crippen molar-refractivity contribution < 1.29 is 9.53 Å². The van der Waals surface area contributed by atoms with Gasteiger partial charge >= 0.3 is 0 Å². The zero-order valence-corrected chi connectivity index (χ0v) is 14.2. The lowest BCUT2D eigenvalue weighted by Gasteiger charge is -2.17. The van der Waals surface area contributed by atoms with E-state index in [9.17, 15) is 4.79 Å². The first-order chi connectivity index (χ1) is 11.7. The van der Waals surface area contributed by atoms with Gasteiger partial charge in [0.05, 0.1) is 18.4 Å². The molecular weight excluding hydrogens is 304 g/mol. The van der Waals surface area contributed by atoms with Gasteiger partial charge < -0.3 is 15.0 Å². The summed E-state index contributed by atoms with van der Waals surface area (Å²) < 4.78 is 7.57. The minimum atomic E-state index is -0.471. The predicted molar refractivity (Wildman–Crippen MR) is 93.2 cm³/mol. The van der Waals surface area contributed by atoms with Crippen LogP contribution in [0.2, 0.25) is 0 Å². The number of hydrogen-bond donors (Lipinski definition) is 1. The molecule has 1 unspecified atom stereocenters. The Morgan fingerprint density at radius 3 is 2.92 bits per heavy atom. The minimum absolute atomic E-state index is 0.130. The van der Waals surface area contributed by atoms with Gasteiger partial charge in [-0.25, -0.2) is 0 Å². The standard InChI is InChI=1S/C18H24N4O2/c1-3-21(4-2)9-10-22-13-15(12-19-22)20-18(23)17-11-14-7-5-6-8-16(14)24-17/h5-8,12-13,17H,3-4,9-11H2,1-2H3,(H,20,23). The van der Waals surface area contributed by atoms with E-state index < -0.39 is 6.10 Å². The Bertz CT molecular complexity index is 669. The molecule has 2 aromatic rings. The molecule has 128 valence electrons. The molecule has 1 amide bonds. The third kappa shape index (κ3) is 3.76. The first-order valence-corrected chi connectivity index (χ1v) is 8.49. The summed E-state index contributed by atoms with van der Waals surface area (Å²) in [6.07, 6.45) is 3.69. The Labute approximate surface area is 142 Å². The molecule has 3 rings (SSSR count). The lowest BCUT2D eigenvalue weighted by atomic mass is 10.1. The molecule has 0 spiro atoms. The van der Waals surface area contributed by atoms with Crippen LogP contribution in [-0.4, -0.2) is 46.3 Å². The van der Waals surface area contributed by atoms with Crippen molar-refractivity contribution in [1.29, 1.82) is 0 Å². The average molecular weight is 328 g/mol. The van der Waals surface area contributed by atoms with E-state index in [0.717, 1.165) is 37.5 Å². The molecule has 6 heteroatoms. The van der Waals surface area contributed by atoms with Crippen LogP contribution in [-0.2, 0) is 17.8 Å². The number of benzene rings is 1. The molecule has 0 bridgehead atoms. The van der Waals surface area contributed by atoms with Crippen molar-refractivity contribution in [1.82, 2.24) is 14.7 Å². The number of amides is 1. The molecule has 0 radical (unpaired) electrons. The molecule has 0 saturated carbocycles. The van der Waals surface area contributed by atoms with Gasteiger partial charge in [-0.2, -0.15) is 5.10 Å². The monoisotopic (exact) mass is 328 g/mol. The number of carbonyl (C=O) groups excluding carboxylic acids is 1. The number of para-hydroxylation sites is 1. The second kappa shape index (κ2) is 7.49. The van der Waals surface area contributed by atoms with Crippen LogP contribution in [0.3, 0.4) is 0 Å². The van der Waals surface area contributed by atoms with Crippen molar-refractivity contribution >= 4 is 11.6 Å². The van der Waals surface area contributed by atoms with E-state index in [0.29, 0.717) is 12.1 Å². The van der Waals surface area contributed by atoms with Gasteiger partial charge in [0.15, 0.2) is 6.10 Å². The largest absolute Gasteiger partial charge is 0.480 e. The Morgan fingerprint density at radius 2 is 2.17 bits per heavy atom. The van der Waals surface area contributed by atoms with Crippen molar-refractivity contribution in [3.05, 3.63) is 42.2 Å². The number of rotatable bonds is 7. The maximum atomic E-state index is 12.4. The Kier molecular flexibility index (Phi) is 5.15. The SMILES string of the molecule is CCN(CC)CCn1cc(NC(=O)C2Cc3ccccc3O2)cn1. The molecule has 24 heavy (non-hydrogen) atoms. The first-order valence-electron chi connectivity index (χ1n) is 8.49. The van der Waals surface area contributed by atoms with Crippen LogP contribution >= 0.6 is 0 Å². The number of likely N-dealkylation sites (N-methyl/N-ethyl adjacent to an activating group) is 1. The quantitative estimate of drug-likeness (QED) is 0.846. The Balaban J connectivity index is 1.53. The number of hydrogen-bond acceptors (Lipinski definition) is 4. The van der Waals surface area contributed by atoms with Crippen molar-refractivity contribution in [2.45, 2.75) is 32.9 Å². The lowest BCUT2D eigenvalue weighted by molar-refractivity contribution is -0.122. The maximum Gasteiger partial charge on any atom is 0.265 e. The average Bonchev–Trinajstić information content (AvgIpc) is 3.22. The Hall–Kier alpha value is -2.34. The molecule has 6 nitrogen and oxygen atoms in total. The normalized spacial score (nSPS) is 16.0. The molecule has 0 saturated heterocycles. The van der Waals surface area contributed by atoms with Gasteiger partial charge in [0.25, 0.3) is 5.91 Å². The van der Waals surface area contributed by atoms with E-state index in [4.69, 9.17) is 4.74 Å². The van der Waals surface area contributed by atoms with Gasteiger partial charge in [-0.15, -0.1) is 0 Å². The highest BCUT2D eigenvalue weighted by Gasteiger charge is 2.28. The number of fused-ring (bicyclic) bond motifs is 1. The van der Waals surface area contributed by atoms with Crippen LogP contribution in [0.1, 0.15) is 19.4 Å². The first kappa shape index (κ1) is 16.5. The number of anilines is 1. The van der Waals surface area contributed by atoms with Gasteiger partial charge in [0.2, 0.25) is 0 Å². The maximum absolute atomic E-state index is 12.4. The van der Waals surface area contributed by atoms with Gasteiger partial charge in [-0.05, 0) is 24.7 Å². The molecule has 1 aromatic heterocycles. The summed E-state index contributed by atoms with van der Waals surface area (Å²) >= 11 is 0. The number of carbonyl (C=O) groups is 1. The number of nitrogens with one attached hydrogen (secondary N) is 1. The summed E-state index contributed by atoms with van der Waals surface area (Å²) in [6.45, 7) is 8.11. The highest BCUT2D eigenvalue weighted by atomic mass is 16.5. The van der Waals surface area contributed by atoms with Gasteiger partial charge in [0.1, 0.15) is 5.75 Å². The van der Waals surface area contributed by atoms with Crippen LogP contribution in [0.15, 0.2) is 36.7 Å². The molecule has 1 aromatic carbocycles. The van der Waals surface area contributed by atoms with Crippen LogP contribution in [0.5, 0.6) is 5.75 Å². The zero-order valence-electron chi connectivity index (χ0n) is 14.2. The van der Waals surface area contributed by atoms with Crippen LogP contribution < -0.4 is 10.1 Å². The number of nitrogens with zero attached hydrogens (tertiary/aromatic N) is 3. The summed E-state index contributed by atoms with van der Waals surface area (Å²) in [5.74, 6) is 0.669. The molecular formula is C18H24N4O2.